The third-order valence-electron chi connectivity index (χ3n) is 10.3. The lowest BCUT2D eigenvalue weighted by Crippen LogP contribution is -2.23. The Morgan fingerprint density at radius 1 is 1.07 bits per heavy atom. The molecule has 3 aromatic carbocycles. The van der Waals surface area contributed by atoms with Crippen molar-refractivity contribution in [3.63, 3.8) is 0 Å². The van der Waals surface area contributed by atoms with Crippen molar-refractivity contribution < 1.29 is 37.3 Å². The van der Waals surface area contributed by atoms with Crippen LogP contribution in [0.3, 0.4) is 0 Å². The number of nitrogens with zero attached hydrogens (tertiary/aromatic N) is 5. The van der Waals surface area contributed by atoms with E-state index in [9.17, 15) is 33.4 Å². The van der Waals surface area contributed by atoms with E-state index in [1.54, 1.807) is 18.2 Å². The molecule has 0 unspecified atom stereocenters. The Morgan fingerprint density at radius 2 is 1.82 bits per heavy atom. The first-order chi connectivity index (χ1) is 26.3. The Kier molecular flexibility index (Phi) is 10.7. The molecule has 0 aliphatic carbocycles. The monoisotopic (exact) mass is 771 g/mol. The van der Waals surface area contributed by atoms with Gasteiger partial charge in [0, 0.05) is 55.6 Å². The van der Waals surface area contributed by atoms with Crippen molar-refractivity contribution in [3.05, 3.63) is 98.7 Å². The van der Waals surface area contributed by atoms with Crippen molar-refractivity contribution in [1.82, 2.24) is 19.8 Å². The zero-order valence-corrected chi connectivity index (χ0v) is 30.8. The molecular formula is C41H37ClF3N5O5. The number of alkyl halides is 3. The maximum Gasteiger partial charge on any atom is 0.417 e. The van der Waals surface area contributed by atoms with Gasteiger partial charge in [0.05, 0.1) is 41.0 Å². The summed E-state index contributed by atoms with van der Waals surface area (Å²) in [5.74, 6) is -0.929. The first kappa shape index (κ1) is 38.0. The van der Waals surface area contributed by atoms with Crippen LogP contribution >= 0.6 is 11.6 Å². The molecule has 4 heterocycles. The quantitative estimate of drug-likeness (QED) is 0.144. The van der Waals surface area contributed by atoms with E-state index in [0.717, 1.165) is 23.7 Å². The summed E-state index contributed by atoms with van der Waals surface area (Å²) in [5.41, 5.74) is 4.34. The minimum Gasteiger partial charge on any atom is -0.496 e. The Hall–Kier alpha value is -5.26. The van der Waals surface area contributed by atoms with Crippen molar-refractivity contribution in [2.24, 2.45) is 5.92 Å². The van der Waals surface area contributed by atoms with Crippen molar-refractivity contribution >= 4 is 40.8 Å². The van der Waals surface area contributed by atoms with Crippen LogP contribution in [-0.2, 0) is 24.1 Å². The van der Waals surface area contributed by atoms with E-state index in [4.69, 9.17) is 25.7 Å². The molecule has 14 heteroatoms. The summed E-state index contributed by atoms with van der Waals surface area (Å²) >= 11 is 6.92. The highest BCUT2D eigenvalue weighted by molar-refractivity contribution is 6.34. The Morgan fingerprint density at radius 3 is 2.51 bits per heavy atom. The van der Waals surface area contributed by atoms with Gasteiger partial charge in [-0.05, 0) is 85.0 Å². The van der Waals surface area contributed by atoms with Crippen LogP contribution < -0.4 is 4.74 Å². The molecule has 0 radical (unpaired) electrons. The number of ether oxygens (including phenoxy) is 1. The lowest BCUT2D eigenvalue weighted by atomic mass is 9.98. The number of methoxy groups -OCH3 is 1. The maximum absolute atomic E-state index is 14.4. The normalized spacial score (nSPS) is 18.1. The van der Waals surface area contributed by atoms with Gasteiger partial charge in [-0.2, -0.15) is 18.4 Å². The third kappa shape index (κ3) is 7.95. The highest BCUT2D eigenvalue weighted by atomic mass is 35.5. The molecule has 0 spiro atoms. The number of hydrogen-bond acceptors (Lipinski definition) is 9. The van der Waals surface area contributed by atoms with E-state index in [0.29, 0.717) is 83.0 Å². The van der Waals surface area contributed by atoms with Crippen LogP contribution in [0.4, 0.5) is 13.2 Å². The van der Waals surface area contributed by atoms with Crippen LogP contribution in [-0.4, -0.2) is 75.3 Å². The van der Waals surface area contributed by atoms with Gasteiger partial charge in [-0.3, -0.25) is 19.6 Å². The number of likely N-dealkylation sites (tertiary alicyclic amines) is 2. The summed E-state index contributed by atoms with van der Waals surface area (Å²) in [5, 5.41) is 29.5. The van der Waals surface area contributed by atoms with Gasteiger partial charge in [-0.15, -0.1) is 0 Å². The second-order valence-electron chi connectivity index (χ2n) is 14.0. The summed E-state index contributed by atoms with van der Waals surface area (Å²) in [4.78, 5) is 24.6. The molecule has 2 atom stereocenters. The first-order valence-electron chi connectivity index (χ1n) is 17.7. The van der Waals surface area contributed by atoms with Gasteiger partial charge < -0.3 is 19.4 Å². The lowest BCUT2D eigenvalue weighted by Gasteiger charge is -2.20. The number of carboxylic acids is 1. The number of benzene rings is 3. The van der Waals surface area contributed by atoms with Gasteiger partial charge in [0.15, 0.2) is 5.58 Å². The molecule has 2 N–H and O–H groups in total. The minimum absolute atomic E-state index is 0.118. The van der Waals surface area contributed by atoms with E-state index in [1.807, 2.05) is 30.0 Å². The Bertz CT molecular complexity index is 2350. The van der Waals surface area contributed by atoms with E-state index >= 15 is 0 Å². The third-order valence-corrected chi connectivity index (χ3v) is 10.7. The van der Waals surface area contributed by atoms with Gasteiger partial charge in [0.2, 0.25) is 5.89 Å². The SMILES string of the molecule is COc1cc(/C=C/c2ccnc(-c3cccc(-c4nc5cc(CN6CC[C@@H](O)C6)cc(C#N)c5o4)c3C)c2Cl)c(C(F)(F)F)cc1CN1CC[C@@H](C(=O)O)C1. The smallest absolute Gasteiger partial charge is 0.417 e. The number of carboxylic acid groups (broad SMARTS) is 1. The number of oxazole rings is 1. The van der Waals surface area contributed by atoms with Gasteiger partial charge in [-0.1, -0.05) is 35.9 Å². The molecule has 2 aliphatic heterocycles. The van der Waals surface area contributed by atoms with E-state index in [-0.39, 0.29) is 35.5 Å². The number of hydrogen-bond donors (Lipinski definition) is 2. The van der Waals surface area contributed by atoms with E-state index in [2.05, 4.69) is 16.0 Å². The van der Waals surface area contributed by atoms with Crippen LogP contribution in [0, 0.1) is 24.2 Å². The zero-order chi connectivity index (χ0) is 39.0. The van der Waals surface area contributed by atoms with Crippen LogP contribution in [0.2, 0.25) is 5.02 Å². The number of aliphatic hydroxyl groups excluding tert-OH is 1. The molecule has 2 fully saturated rings. The maximum atomic E-state index is 14.4. The standard InChI is InChI=1S/C41H37ClF3N5O5/c1-23-31(4-3-5-32(23)39-48-34-15-24(14-28(18-46)38(34)55-39)19-49-13-10-30(51)22-49)37-36(42)25(8-11-47-37)6-7-26-17-35(54-2)29(16-33(26)41(43,44)45)21-50-12-9-27(20-50)40(52)53/h3-8,11,14-17,27,30,51H,9-10,12-13,19-22H2,1-2H3,(H,52,53)/b7-6+/t27-,30-/m1/s1. The number of pyridine rings is 1. The van der Waals surface area contributed by atoms with Crippen molar-refractivity contribution in [2.45, 2.75) is 45.1 Å². The minimum atomic E-state index is -4.68. The van der Waals surface area contributed by atoms with Crippen molar-refractivity contribution in [3.8, 4) is 34.5 Å². The molecule has 2 saturated heterocycles. The molecule has 284 valence electrons. The van der Waals surface area contributed by atoms with Crippen LogP contribution in [0.1, 0.15) is 51.8 Å². The number of halogens is 4. The van der Waals surface area contributed by atoms with Crippen molar-refractivity contribution in [2.75, 3.05) is 33.3 Å². The summed E-state index contributed by atoms with van der Waals surface area (Å²) in [6.07, 6.45) is 0.454. The number of aromatic nitrogens is 2. The number of aliphatic hydroxyl groups is 1. The number of rotatable bonds is 10. The Labute approximate surface area is 320 Å². The lowest BCUT2D eigenvalue weighted by molar-refractivity contribution is -0.141. The average Bonchev–Trinajstić information content (AvgIpc) is 3.91. The fourth-order valence-electron chi connectivity index (χ4n) is 7.43. The van der Waals surface area contributed by atoms with Gasteiger partial charge in [-0.25, -0.2) is 4.98 Å². The first-order valence-corrected chi connectivity index (χ1v) is 18.1. The second kappa shape index (κ2) is 15.5. The summed E-state index contributed by atoms with van der Waals surface area (Å²) < 4.78 is 55.0. The number of nitriles is 1. The topological polar surface area (TPSA) is 136 Å². The molecule has 0 bridgehead atoms. The fourth-order valence-corrected chi connectivity index (χ4v) is 7.71. The summed E-state index contributed by atoms with van der Waals surface area (Å²) in [6.45, 7) is 4.58. The Balaban J connectivity index is 1.19. The fraction of sp³-hybridized carbons (Fsp3) is 0.317. The molecule has 0 saturated carbocycles. The zero-order valence-electron chi connectivity index (χ0n) is 30.0. The van der Waals surface area contributed by atoms with E-state index < -0.39 is 23.6 Å². The van der Waals surface area contributed by atoms with E-state index in [1.165, 1.54) is 31.5 Å². The molecule has 55 heavy (non-hydrogen) atoms. The highest BCUT2D eigenvalue weighted by Gasteiger charge is 2.35. The molecule has 10 nitrogen and oxygen atoms in total. The number of aliphatic carboxylic acids is 1. The predicted octanol–water partition coefficient (Wildman–Crippen LogP) is 8.06. The van der Waals surface area contributed by atoms with Gasteiger partial charge >= 0.3 is 12.1 Å². The van der Waals surface area contributed by atoms with Crippen LogP contribution in [0.5, 0.6) is 5.75 Å². The van der Waals surface area contributed by atoms with Crippen LogP contribution in [0.25, 0.3) is 46.0 Å². The predicted molar refractivity (Wildman–Crippen MR) is 201 cm³/mol. The molecular weight excluding hydrogens is 735 g/mol. The number of fused-ring (bicyclic) bond motifs is 1. The number of β-amino-alcohol motifs (C(OH)–C–C–N with tert-alkyl or cyclic N) is 1. The molecule has 0 amide bonds. The van der Waals surface area contributed by atoms with Gasteiger partial charge in [0.25, 0.3) is 0 Å². The summed E-state index contributed by atoms with van der Waals surface area (Å²) in [7, 11) is 1.38. The van der Waals surface area contributed by atoms with Gasteiger partial charge in [0.1, 0.15) is 17.3 Å². The summed E-state index contributed by atoms with van der Waals surface area (Å²) in [6, 6.07) is 15.4. The number of carbonyl (C=O) groups is 1. The highest BCUT2D eigenvalue weighted by Crippen LogP contribution is 2.40. The average molecular weight is 772 g/mol. The van der Waals surface area contributed by atoms with Crippen LogP contribution in [0.15, 0.2) is 59.1 Å². The largest absolute Gasteiger partial charge is 0.496 e. The molecule has 2 aromatic heterocycles. The van der Waals surface area contributed by atoms with Crippen molar-refractivity contribution in [1.29, 1.82) is 5.26 Å². The molecule has 7 rings (SSSR count). The molecule has 5 aromatic rings. The molecule has 2 aliphatic rings. The second-order valence-corrected chi connectivity index (χ2v) is 14.4.